The zero-order valence-corrected chi connectivity index (χ0v) is 37.1. The third kappa shape index (κ3) is 6.08. The molecule has 0 radical (unpaired) electrons. The maximum Gasteiger partial charge on any atom is -0.147 e. The SMILES string of the molecule is CCc1ccc(-c2cccc3c2C=C(C2CCCC2)[CH]3[Hf]2([CH]3C(C4CCCC4)=Cc4c(-c5ccc(CC)cc5)cccc43)[CH]3CCCC[CH]32)cc1.Cl.Cl. The molecule has 0 bridgehead atoms. The molecule has 53 heavy (non-hydrogen) atoms. The second-order valence-corrected chi connectivity index (χ2v) is 34.0. The van der Waals surface area contributed by atoms with Gasteiger partial charge in [0.15, 0.2) is 0 Å². The Morgan fingerprint density at radius 1 is 0.472 bits per heavy atom. The van der Waals surface area contributed by atoms with E-state index in [1.807, 2.05) is 11.1 Å². The third-order valence-corrected chi connectivity index (χ3v) is 39.8. The van der Waals surface area contributed by atoms with Crippen molar-refractivity contribution in [2.24, 2.45) is 11.8 Å². The van der Waals surface area contributed by atoms with E-state index < -0.39 is 20.0 Å². The van der Waals surface area contributed by atoms with Gasteiger partial charge < -0.3 is 0 Å². The number of allylic oxidation sites excluding steroid dienone is 2. The summed E-state index contributed by atoms with van der Waals surface area (Å²) in [4.78, 5) is 0. The zero-order chi connectivity index (χ0) is 34.1. The van der Waals surface area contributed by atoms with Gasteiger partial charge in [-0.2, -0.15) is 0 Å². The maximum atomic E-state index is 2.84. The molecular formula is C50H58Cl2Hf. The molecule has 4 atom stereocenters. The first-order valence-corrected chi connectivity index (χ1v) is 29.4. The van der Waals surface area contributed by atoms with Crippen LogP contribution in [0, 0.1) is 11.8 Å². The average molecular weight is 908 g/mol. The summed E-state index contributed by atoms with van der Waals surface area (Å²) in [6, 6.07) is 34.3. The second kappa shape index (κ2) is 15.4. The summed E-state index contributed by atoms with van der Waals surface area (Å²) in [5, 5.41) is 0. The van der Waals surface area contributed by atoms with E-state index in [9.17, 15) is 0 Å². The van der Waals surface area contributed by atoms with E-state index in [0.29, 0.717) is 0 Å². The summed E-state index contributed by atoms with van der Waals surface area (Å²) >= 11 is -3.31. The van der Waals surface area contributed by atoms with Crippen molar-refractivity contribution in [3.8, 4) is 22.3 Å². The molecule has 3 saturated carbocycles. The van der Waals surface area contributed by atoms with Crippen LogP contribution in [0.1, 0.15) is 132 Å². The monoisotopic (exact) mass is 908 g/mol. The molecule has 10 rings (SSSR count). The van der Waals surface area contributed by atoms with Gasteiger partial charge in [0.05, 0.1) is 0 Å². The predicted octanol–water partition coefficient (Wildman–Crippen LogP) is 15.3. The fourth-order valence-electron chi connectivity index (χ4n) is 12.8. The minimum atomic E-state index is -3.31. The summed E-state index contributed by atoms with van der Waals surface area (Å²) in [7, 11) is 0. The smallest absolute Gasteiger partial charge is 0.147 e. The van der Waals surface area contributed by atoms with Crippen LogP contribution in [0.4, 0.5) is 0 Å². The van der Waals surface area contributed by atoms with Gasteiger partial charge in [0.25, 0.3) is 0 Å². The van der Waals surface area contributed by atoms with Crippen LogP contribution in [0.2, 0.25) is 7.35 Å². The van der Waals surface area contributed by atoms with Gasteiger partial charge in [-0.3, -0.25) is 0 Å². The first-order valence-electron chi connectivity index (χ1n) is 21.1. The molecule has 4 fully saturated rings. The molecule has 0 spiro atoms. The van der Waals surface area contributed by atoms with E-state index in [0.717, 1.165) is 39.4 Å². The number of rotatable bonds is 8. The van der Waals surface area contributed by atoms with Crippen molar-refractivity contribution in [1.29, 1.82) is 0 Å². The Morgan fingerprint density at radius 3 is 1.23 bits per heavy atom. The van der Waals surface area contributed by atoms with Gasteiger partial charge in [-0.1, -0.05) is 0 Å². The van der Waals surface area contributed by atoms with Crippen molar-refractivity contribution in [3.63, 3.8) is 0 Å². The molecule has 1 saturated heterocycles. The normalized spacial score (nSPS) is 27.3. The van der Waals surface area contributed by atoms with Crippen LogP contribution in [-0.2, 0) is 32.8 Å². The van der Waals surface area contributed by atoms with Crippen molar-refractivity contribution >= 4 is 37.0 Å². The molecule has 6 aliphatic rings. The van der Waals surface area contributed by atoms with Crippen molar-refractivity contribution in [3.05, 3.63) is 129 Å². The minimum absolute atomic E-state index is 0. The van der Waals surface area contributed by atoms with Crippen LogP contribution in [0.25, 0.3) is 34.4 Å². The van der Waals surface area contributed by atoms with Crippen LogP contribution in [0.3, 0.4) is 0 Å². The second-order valence-electron chi connectivity index (χ2n) is 17.3. The molecule has 3 heteroatoms. The van der Waals surface area contributed by atoms with Gasteiger partial charge in [0.1, 0.15) is 0 Å². The Kier molecular flexibility index (Phi) is 11.0. The van der Waals surface area contributed by atoms with Crippen molar-refractivity contribution in [2.75, 3.05) is 0 Å². The van der Waals surface area contributed by atoms with E-state index in [1.54, 1.807) is 22.3 Å². The van der Waals surface area contributed by atoms with Crippen LogP contribution in [-0.4, -0.2) is 0 Å². The minimum Gasteiger partial charge on any atom is -0.147 e. The number of hydrogen-bond acceptors (Lipinski definition) is 0. The fourth-order valence-corrected chi connectivity index (χ4v) is 48.4. The first kappa shape index (κ1) is 37.7. The van der Waals surface area contributed by atoms with Gasteiger partial charge in [0.2, 0.25) is 0 Å². The molecule has 4 aromatic carbocycles. The summed E-state index contributed by atoms with van der Waals surface area (Å²) < 4.78 is 3.61. The summed E-state index contributed by atoms with van der Waals surface area (Å²) in [5.74, 6) is 1.58. The van der Waals surface area contributed by atoms with Gasteiger partial charge in [-0.25, -0.2) is 0 Å². The van der Waals surface area contributed by atoms with Gasteiger partial charge >= 0.3 is 314 Å². The van der Waals surface area contributed by atoms with Gasteiger partial charge in [-0.05, 0) is 0 Å². The van der Waals surface area contributed by atoms with Crippen LogP contribution in [0.5, 0.6) is 0 Å². The molecule has 0 N–H and O–H groups in total. The molecule has 1 heterocycles. The number of hydrogen-bond donors (Lipinski definition) is 0. The van der Waals surface area contributed by atoms with Crippen molar-refractivity contribution < 1.29 is 20.0 Å². The Morgan fingerprint density at radius 2 is 0.849 bits per heavy atom. The maximum absolute atomic E-state index is 3.31. The van der Waals surface area contributed by atoms with E-state index in [4.69, 9.17) is 0 Å². The van der Waals surface area contributed by atoms with E-state index in [2.05, 4.69) is 111 Å². The molecule has 4 unspecified atom stereocenters. The van der Waals surface area contributed by atoms with E-state index in [-0.39, 0.29) is 24.8 Å². The summed E-state index contributed by atoms with van der Waals surface area (Å²) in [5.41, 5.74) is 19.4. The number of aryl methyl sites for hydroxylation is 2. The van der Waals surface area contributed by atoms with E-state index >= 15 is 0 Å². The fraction of sp³-hybridized carbons (Fsp3) is 0.440. The van der Waals surface area contributed by atoms with Crippen LogP contribution >= 0.6 is 24.8 Å². The topological polar surface area (TPSA) is 0 Å². The average Bonchev–Trinajstić information content (AvgIpc) is 3.86. The van der Waals surface area contributed by atoms with Crippen LogP contribution in [0.15, 0.2) is 96.1 Å². The van der Waals surface area contributed by atoms with Crippen molar-refractivity contribution in [2.45, 2.75) is 118 Å². The molecule has 1 aliphatic heterocycles. The van der Waals surface area contributed by atoms with Crippen molar-refractivity contribution in [1.82, 2.24) is 0 Å². The molecule has 0 amide bonds. The molecule has 0 aromatic heterocycles. The number of benzene rings is 4. The Bertz CT molecular complexity index is 1860. The molecule has 5 aliphatic carbocycles. The molecule has 276 valence electrons. The van der Waals surface area contributed by atoms with Crippen LogP contribution < -0.4 is 0 Å². The largest absolute Gasteiger partial charge is 0.147 e. The molecule has 0 nitrogen and oxygen atoms in total. The molecular weight excluding hydrogens is 850 g/mol. The van der Waals surface area contributed by atoms with E-state index in [1.165, 1.54) is 110 Å². The quantitative estimate of drug-likeness (QED) is 0.155. The Balaban J connectivity index is 0.00000200. The summed E-state index contributed by atoms with van der Waals surface area (Å²) in [6.45, 7) is 4.55. The number of halogens is 2. The number of fused-ring (bicyclic) bond motifs is 3. The predicted molar refractivity (Wildman–Crippen MR) is 228 cm³/mol. The standard InChI is InChI=1S/2C22H23.C6H10.2ClH.Hf/c2*1-2-16-10-12-18(13-11-16)21-9-5-8-19-14-20(15-22(19)21)17-6-3-4-7-17;1-2-4-6-5-3-1;;;/h2*5,8-15,17H,2-4,6-7H2,1H3;1-2H,3-6H2;2*1H;. The zero-order valence-electron chi connectivity index (χ0n) is 31.9. The molecule has 4 aromatic rings. The Hall–Kier alpha value is -2.19. The van der Waals surface area contributed by atoms with Gasteiger partial charge in [-0.15, -0.1) is 24.8 Å². The Labute approximate surface area is 336 Å². The van der Waals surface area contributed by atoms with Gasteiger partial charge in [0, 0.05) is 0 Å². The third-order valence-electron chi connectivity index (χ3n) is 15.1. The summed E-state index contributed by atoms with van der Waals surface area (Å²) in [6.07, 6.45) is 25.2. The first-order chi connectivity index (χ1) is 25.2.